The van der Waals surface area contributed by atoms with Crippen molar-refractivity contribution in [2.24, 2.45) is 0 Å². The number of benzene rings is 1. The number of aromatic amines is 1. The van der Waals surface area contributed by atoms with Crippen molar-refractivity contribution in [1.82, 2.24) is 15.0 Å². The molecule has 0 fully saturated rings. The standard InChI is InChI=1S/C14H12BrN3O/c1-9-4-2-3-5-12(9)19-7-11-13-10(15)6-16-14(13)18-8-17-11/h2-6,8H,7H2,1H3,(H,16,17,18). The molecule has 1 aromatic carbocycles. The lowest BCUT2D eigenvalue weighted by atomic mass is 10.2. The average Bonchev–Trinajstić information content (AvgIpc) is 2.80. The van der Waals surface area contributed by atoms with Gasteiger partial charge in [-0.2, -0.15) is 0 Å². The lowest BCUT2D eigenvalue weighted by Crippen LogP contribution is -2.00. The second-order valence-corrected chi connectivity index (χ2v) is 5.09. The summed E-state index contributed by atoms with van der Waals surface area (Å²) in [5.74, 6) is 0.876. The van der Waals surface area contributed by atoms with Crippen molar-refractivity contribution < 1.29 is 4.74 Å². The molecule has 0 aliphatic heterocycles. The molecule has 0 atom stereocenters. The van der Waals surface area contributed by atoms with Gasteiger partial charge in [0.1, 0.15) is 24.3 Å². The number of fused-ring (bicyclic) bond motifs is 1. The summed E-state index contributed by atoms with van der Waals surface area (Å²) in [7, 11) is 0. The summed E-state index contributed by atoms with van der Waals surface area (Å²) < 4.78 is 6.78. The molecule has 0 aliphatic rings. The van der Waals surface area contributed by atoms with E-state index in [2.05, 4.69) is 30.9 Å². The van der Waals surface area contributed by atoms with Crippen molar-refractivity contribution >= 4 is 27.0 Å². The number of hydrogen-bond acceptors (Lipinski definition) is 3. The number of nitrogens with zero attached hydrogens (tertiary/aromatic N) is 2. The highest BCUT2D eigenvalue weighted by molar-refractivity contribution is 9.10. The van der Waals surface area contributed by atoms with Crippen LogP contribution >= 0.6 is 15.9 Å². The minimum atomic E-state index is 0.417. The molecule has 0 bridgehead atoms. The fraction of sp³-hybridized carbons (Fsp3) is 0.143. The quantitative estimate of drug-likeness (QED) is 0.802. The number of rotatable bonds is 3. The minimum Gasteiger partial charge on any atom is -0.487 e. The van der Waals surface area contributed by atoms with Crippen molar-refractivity contribution in [3.8, 4) is 5.75 Å². The van der Waals surface area contributed by atoms with E-state index in [4.69, 9.17) is 4.74 Å². The first kappa shape index (κ1) is 12.2. The summed E-state index contributed by atoms with van der Waals surface area (Å²) in [6, 6.07) is 7.94. The molecule has 1 N–H and O–H groups in total. The fourth-order valence-electron chi connectivity index (χ4n) is 1.96. The van der Waals surface area contributed by atoms with Crippen LogP contribution in [0.4, 0.5) is 0 Å². The van der Waals surface area contributed by atoms with Crippen LogP contribution in [0.5, 0.6) is 5.75 Å². The number of halogens is 1. The number of H-pyrrole nitrogens is 1. The zero-order chi connectivity index (χ0) is 13.2. The molecule has 0 unspecified atom stereocenters. The number of para-hydroxylation sites is 1. The molecule has 3 rings (SSSR count). The predicted molar refractivity (Wildman–Crippen MR) is 77.1 cm³/mol. The van der Waals surface area contributed by atoms with Crippen LogP contribution in [-0.2, 0) is 6.61 Å². The van der Waals surface area contributed by atoms with E-state index in [1.54, 1.807) is 6.33 Å². The predicted octanol–water partition coefficient (Wildman–Crippen LogP) is 3.61. The van der Waals surface area contributed by atoms with Gasteiger partial charge >= 0.3 is 0 Å². The summed E-state index contributed by atoms with van der Waals surface area (Å²) in [6.07, 6.45) is 3.40. The monoisotopic (exact) mass is 317 g/mol. The van der Waals surface area contributed by atoms with E-state index < -0.39 is 0 Å². The Bertz CT molecular complexity index is 724. The van der Waals surface area contributed by atoms with Crippen molar-refractivity contribution in [3.05, 3.63) is 52.5 Å². The molecule has 3 aromatic rings. The zero-order valence-electron chi connectivity index (χ0n) is 10.4. The van der Waals surface area contributed by atoms with Gasteiger partial charge in [-0.3, -0.25) is 0 Å². The molecule has 0 spiro atoms. The lowest BCUT2D eigenvalue weighted by molar-refractivity contribution is 0.301. The summed E-state index contributed by atoms with van der Waals surface area (Å²) in [6.45, 7) is 2.44. The Morgan fingerprint density at radius 2 is 2.11 bits per heavy atom. The molecule has 0 amide bonds. The van der Waals surface area contributed by atoms with Gasteiger partial charge in [0.15, 0.2) is 0 Å². The molecule has 96 valence electrons. The van der Waals surface area contributed by atoms with Crippen molar-refractivity contribution in [2.75, 3.05) is 0 Å². The second kappa shape index (κ2) is 5.01. The summed E-state index contributed by atoms with van der Waals surface area (Å²) in [4.78, 5) is 11.6. The van der Waals surface area contributed by atoms with Crippen LogP contribution in [0.25, 0.3) is 11.0 Å². The second-order valence-electron chi connectivity index (χ2n) is 4.23. The average molecular weight is 318 g/mol. The maximum Gasteiger partial charge on any atom is 0.142 e. The van der Waals surface area contributed by atoms with Crippen LogP contribution in [0.3, 0.4) is 0 Å². The molecule has 0 saturated heterocycles. The maximum absolute atomic E-state index is 5.83. The topological polar surface area (TPSA) is 50.8 Å². The smallest absolute Gasteiger partial charge is 0.142 e. The van der Waals surface area contributed by atoms with Crippen molar-refractivity contribution in [3.63, 3.8) is 0 Å². The van der Waals surface area contributed by atoms with Crippen LogP contribution in [0, 0.1) is 6.92 Å². The van der Waals surface area contributed by atoms with Gasteiger partial charge in [0, 0.05) is 10.7 Å². The van der Waals surface area contributed by atoms with Gasteiger partial charge in [-0.25, -0.2) is 9.97 Å². The number of nitrogens with one attached hydrogen (secondary N) is 1. The van der Waals surface area contributed by atoms with Crippen LogP contribution in [0.1, 0.15) is 11.3 Å². The van der Waals surface area contributed by atoms with Crippen LogP contribution in [0.15, 0.2) is 41.3 Å². The van der Waals surface area contributed by atoms with Crippen LogP contribution in [0.2, 0.25) is 0 Å². The Kier molecular flexibility index (Phi) is 3.21. The van der Waals surface area contributed by atoms with Crippen LogP contribution in [-0.4, -0.2) is 15.0 Å². The normalized spacial score (nSPS) is 10.8. The first-order valence-corrected chi connectivity index (χ1v) is 6.70. The SMILES string of the molecule is Cc1ccccc1OCc1ncnc2[nH]cc(Br)c12. The maximum atomic E-state index is 5.83. The van der Waals surface area contributed by atoms with E-state index in [1.807, 2.05) is 37.4 Å². The minimum absolute atomic E-state index is 0.417. The van der Waals surface area contributed by atoms with E-state index in [1.165, 1.54) is 0 Å². The molecule has 5 heteroatoms. The van der Waals surface area contributed by atoms with Crippen molar-refractivity contribution in [1.29, 1.82) is 0 Å². The molecular formula is C14H12BrN3O. The number of aromatic nitrogens is 3. The zero-order valence-corrected chi connectivity index (χ0v) is 11.9. The van der Waals surface area contributed by atoms with Gasteiger partial charge in [0.2, 0.25) is 0 Å². The third kappa shape index (κ3) is 2.33. The van der Waals surface area contributed by atoms with E-state index >= 15 is 0 Å². The van der Waals surface area contributed by atoms with Gasteiger partial charge < -0.3 is 9.72 Å². The summed E-state index contributed by atoms with van der Waals surface area (Å²) in [5.41, 5.74) is 2.78. The van der Waals surface area contributed by atoms with Crippen molar-refractivity contribution in [2.45, 2.75) is 13.5 Å². The highest BCUT2D eigenvalue weighted by atomic mass is 79.9. The van der Waals surface area contributed by atoms with Crippen LogP contribution < -0.4 is 4.74 Å². The molecule has 0 aliphatic carbocycles. The summed E-state index contributed by atoms with van der Waals surface area (Å²) in [5, 5.41) is 0.969. The molecular weight excluding hydrogens is 306 g/mol. The van der Waals surface area contributed by atoms with Gasteiger partial charge in [-0.05, 0) is 34.5 Å². The van der Waals surface area contributed by atoms with Gasteiger partial charge in [-0.15, -0.1) is 0 Å². The Balaban J connectivity index is 1.90. The van der Waals surface area contributed by atoms with E-state index in [0.717, 1.165) is 32.5 Å². The molecule has 19 heavy (non-hydrogen) atoms. The Morgan fingerprint density at radius 1 is 1.26 bits per heavy atom. The fourth-order valence-corrected chi connectivity index (χ4v) is 2.49. The van der Waals surface area contributed by atoms with Gasteiger partial charge in [-0.1, -0.05) is 18.2 Å². The highest BCUT2D eigenvalue weighted by Gasteiger charge is 2.10. The molecule has 0 saturated carbocycles. The first-order chi connectivity index (χ1) is 9.25. The van der Waals surface area contributed by atoms with E-state index in [0.29, 0.717) is 6.61 Å². The summed E-state index contributed by atoms with van der Waals surface area (Å²) >= 11 is 3.49. The Labute approximate surface area is 119 Å². The molecule has 0 radical (unpaired) electrons. The van der Waals surface area contributed by atoms with Gasteiger partial charge in [0.25, 0.3) is 0 Å². The largest absolute Gasteiger partial charge is 0.487 e. The first-order valence-electron chi connectivity index (χ1n) is 5.90. The lowest BCUT2D eigenvalue weighted by Gasteiger charge is -2.08. The third-order valence-corrected chi connectivity index (χ3v) is 3.58. The Morgan fingerprint density at radius 3 is 2.95 bits per heavy atom. The number of aryl methyl sites for hydroxylation is 1. The number of ether oxygens (including phenoxy) is 1. The van der Waals surface area contributed by atoms with E-state index in [-0.39, 0.29) is 0 Å². The Hall–Kier alpha value is -1.88. The number of hydrogen-bond donors (Lipinski definition) is 1. The van der Waals surface area contributed by atoms with Gasteiger partial charge in [0.05, 0.1) is 11.1 Å². The highest BCUT2D eigenvalue weighted by Crippen LogP contribution is 2.25. The molecule has 2 aromatic heterocycles. The third-order valence-electron chi connectivity index (χ3n) is 2.96. The molecule has 4 nitrogen and oxygen atoms in total. The van der Waals surface area contributed by atoms with E-state index in [9.17, 15) is 0 Å². The molecule has 2 heterocycles.